The van der Waals surface area contributed by atoms with Crippen molar-refractivity contribution in [2.45, 2.75) is 66.6 Å². The van der Waals surface area contributed by atoms with E-state index in [1.807, 2.05) is 166 Å². The van der Waals surface area contributed by atoms with Gasteiger partial charge in [0.1, 0.15) is 18.8 Å². The lowest BCUT2D eigenvalue weighted by Crippen LogP contribution is -2.40. The molecule has 0 aliphatic carbocycles. The average Bonchev–Trinajstić information content (AvgIpc) is 3.32. The summed E-state index contributed by atoms with van der Waals surface area (Å²) in [4.78, 5) is 48.0. The highest BCUT2D eigenvalue weighted by Crippen LogP contribution is 2.41. The number of aliphatic imine (C=N–C) groups is 1. The predicted molar refractivity (Wildman–Crippen MR) is 268 cm³/mol. The lowest BCUT2D eigenvalue weighted by Gasteiger charge is -2.35. The van der Waals surface area contributed by atoms with Gasteiger partial charge >= 0.3 is 18.0 Å². The summed E-state index contributed by atoms with van der Waals surface area (Å²) in [6.45, 7) is 22.6. The Kier molecular flexibility index (Phi) is 19.7. The van der Waals surface area contributed by atoms with Gasteiger partial charge in [-0.2, -0.15) is 0 Å². The van der Waals surface area contributed by atoms with Gasteiger partial charge in [0.15, 0.2) is 5.60 Å². The monoisotopic (exact) mass is 914 g/mol. The molecule has 352 valence electrons. The van der Waals surface area contributed by atoms with Crippen molar-refractivity contribution in [2.75, 3.05) is 26.3 Å². The minimum Gasteiger partial charge on any atom is -0.460 e. The van der Waals surface area contributed by atoms with Crippen LogP contribution in [0.25, 0.3) is 0 Å². The van der Waals surface area contributed by atoms with Gasteiger partial charge < -0.3 is 24.6 Å². The number of nitrogens with zero attached hydrogens (tertiary/aromatic N) is 1. The fraction of sp³-hybridized carbons (Fsp3) is 0.241. The highest BCUT2D eigenvalue weighted by Gasteiger charge is 2.41. The van der Waals surface area contributed by atoms with Gasteiger partial charge in [-0.3, -0.25) is 0 Å². The Balaban J connectivity index is 0.000000254. The van der Waals surface area contributed by atoms with E-state index in [0.717, 1.165) is 50.1 Å². The number of amides is 1. The molecular weight excluding hydrogens is 853 g/mol. The van der Waals surface area contributed by atoms with Crippen molar-refractivity contribution in [3.8, 4) is 0 Å². The highest BCUT2D eigenvalue weighted by atomic mass is 16.6. The van der Waals surface area contributed by atoms with E-state index in [4.69, 9.17) is 9.47 Å². The van der Waals surface area contributed by atoms with E-state index in [1.54, 1.807) is 13.8 Å². The molecule has 6 aromatic carbocycles. The summed E-state index contributed by atoms with van der Waals surface area (Å²) in [6.07, 6.45) is 0.714. The van der Waals surface area contributed by atoms with Gasteiger partial charge in [0.05, 0.1) is 13.1 Å². The minimum atomic E-state index is -1.17. The number of hydrogen-bond acceptors (Lipinski definition) is 9. The standard InChI is InChI=1S/C29H31NO4.C22H22O.C7H9NO3/c1-20(2)27(31)33-19-18-30-28(32)34-29(24-12-6-21(3)7-13-24,25-14-8-22(4)9-15-25)26-16-10-23(5)11-17-26;1-16-4-10-19(11-5-16)22(23,20-12-6-17(2)7-13-20)21-14-8-18(3)9-15-21;1-6(2)7(10)11-4-3-8-5-9/h6-17H,1,18-19H2,2-5H3,(H,30,32);4-15,23H,1-3H3;1,3-4H2,2H3. The molecule has 0 heterocycles. The normalized spacial score (nSPS) is 10.7. The van der Waals surface area contributed by atoms with Crippen molar-refractivity contribution in [1.29, 1.82) is 0 Å². The number of ether oxygens (including phenoxy) is 3. The molecule has 6 rings (SSSR count). The Bertz CT molecular complexity index is 2440. The van der Waals surface area contributed by atoms with Gasteiger partial charge in [-0.25, -0.2) is 24.2 Å². The summed E-state index contributed by atoms with van der Waals surface area (Å²) in [7, 11) is 0. The molecule has 2 N–H and O–H groups in total. The number of esters is 2. The van der Waals surface area contributed by atoms with Gasteiger partial charge in [-0.15, -0.1) is 0 Å². The van der Waals surface area contributed by atoms with E-state index < -0.39 is 29.2 Å². The molecule has 1 amide bonds. The van der Waals surface area contributed by atoms with Crippen LogP contribution in [0.2, 0.25) is 0 Å². The van der Waals surface area contributed by atoms with E-state index in [9.17, 15) is 24.3 Å². The van der Waals surface area contributed by atoms with Crippen molar-refractivity contribution in [3.05, 3.63) is 237 Å². The third kappa shape index (κ3) is 14.7. The second-order valence-corrected chi connectivity index (χ2v) is 16.7. The first-order valence-electron chi connectivity index (χ1n) is 22.2. The number of carbonyl (C=O) groups excluding carboxylic acids is 4. The van der Waals surface area contributed by atoms with Crippen molar-refractivity contribution >= 4 is 24.1 Å². The largest absolute Gasteiger partial charge is 0.460 e. The van der Waals surface area contributed by atoms with Gasteiger partial charge in [0, 0.05) is 27.8 Å². The third-order valence-electron chi connectivity index (χ3n) is 10.8. The lowest BCUT2D eigenvalue weighted by molar-refractivity contribution is -0.139. The van der Waals surface area contributed by atoms with Crippen LogP contribution in [0.3, 0.4) is 0 Å². The third-order valence-corrected chi connectivity index (χ3v) is 10.8. The van der Waals surface area contributed by atoms with Crippen LogP contribution in [-0.2, 0) is 39.8 Å². The van der Waals surface area contributed by atoms with E-state index in [1.165, 1.54) is 22.8 Å². The number of hydrogen-bond donors (Lipinski definition) is 2. The smallest absolute Gasteiger partial charge is 0.408 e. The molecule has 0 saturated carbocycles. The number of rotatable bonds is 15. The second-order valence-electron chi connectivity index (χ2n) is 16.7. The number of carbonyl (C=O) groups is 3. The summed E-state index contributed by atoms with van der Waals surface area (Å²) >= 11 is 0. The highest BCUT2D eigenvalue weighted by molar-refractivity contribution is 5.87. The summed E-state index contributed by atoms with van der Waals surface area (Å²) in [5.41, 5.74) is 10.3. The molecule has 0 aliphatic heterocycles. The van der Waals surface area contributed by atoms with Crippen LogP contribution < -0.4 is 5.32 Å². The quantitative estimate of drug-likeness (QED) is 0.0197. The zero-order chi connectivity index (χ0) is 49.9. The van der Waals surface area contributed by atoms with E-state index in [2.05, 4.69) is 49.0 Å². The average molecular weight is 915 g/mol. The SMILES string of the molecule is C=C(C)C(=O)OCCN=C=O.C=C(C)C(=O)OCCNC(=O)OC(c1ccc(C)cc1)(c1ccc(C)cc1)c1ccc(C)cc1.Cc1ccc(C(O)(c2ccc(C)cc2)c2ccc(C)cc2)cc1. The van der Waals surface area contributed by atoms with Crippen LogP contribution in [0.15, 0.2) is 175 Å². The van der Waals surface area contributed by atoms with E-state index in [-0.39, 0.29) is 26.3 Å². The summed E-state index contributed by atoms with van der Waals surface area (Å²) in [5.74, 6) is -0.963. The number of nitrogens with one attached hydrogen (secondary N) is 1. The number of alkyl carbamates (subject to hydrolysis) is 1. The molecule has 0 fully saturated rings. The van der Waals surface area contributed by atoms with Crippen molar-refractivity contribution in [2.24, 2.45) is 4.99 Å². The Labute approximate surface area is 401 Å². The molecule has 68 heavy (non-hydrogen) atoms. The molecule has 0 saturated heterocycles. The second kappa shape index (κ2) is 25.3. The van der Waals surface area contributed by atoms with Crippen molar-refractivity contribution in [3.63, 3.8) is 0 Å². The molecular formula is C58H62N2O8. The lowest BCUT2D eigenvalue weighted by atomic mass is 9.79. The van der Waals surface area contributed by atoms with Crippen LogP contribution >= 0.6 is 0 Å². The van der Waals surface area contributed by atoms with Crippen LogP contribution in [0.1, 0.15) is 80.6 Å². The fourth-order valence-electron chi connectivity index (χ4n) is 6.87. The fourth-order valence-corrected chi connectivity index (χ4v) is 6.87. The van der Waals surface area contributed by atoms with Gasteiger partial charge in [0.25, 0.3) is 0 Å². The summed E-state index contributed by atoms with van der Waals surface area (Å²) in [6, 6.07) is 48.2. The summed E-state index contributed by atoms with van der Waals surface area (Å²) < 4.78 is 15.9. The first-order valence-corrected chi connectivity index (χ1v) is 22.2. The van der Waals surface area contributed by atoms with Crippen LogP contribution in [0.4, 0.5) is 4.79 Å². The molecule has 0 aliphatic rings. The van der Waals surface area contributed by atoms with Gasteiger partial charge in [-0.1, -0.05) is 192 Å². The summed E-state index contributed by atoms with van der Waals surface area (Å²) in [5, 5.41) is 14.4. The predicted octanol–water partition coefficient (Wildman–Crippen LogP) is 11.1. The Morgan fingerprint density at radius 3 is 1.07 bits per heavy atom. The number of aryl methyl sites for hydroxylation is 6. The topological polar surface area (TPSA) is 141 Å². The molecule has 10 nitrogen and oxygen atoms in total. The zero-order valence-corrected chi connectivity index (χ0v) is 40.4. The minimum absolute atomic E-state index is 0.0212. The molecule has 0 unspecified atom stereocenters. The van der Waals surface area contributed by atoms with Crippen LogP contribution in [-0.4, -0.2) is 55.5 Å². The number of isocyanates is 1. The van der Waals surface area contributed by atoms with Gasteiger partial charge in [0.2, 0.25) is 6.08 Å². The van der Waals surface area contributed by atoms with Gasteiger partial charge in [-0.05, 0) is 72.1 Å². The van der Waals surface area contributed by atoms with E-state index >= 15 is 0 Å². The maximum absolute atomic E-state index is 13.1. The Morgan fingerprint density at radius 2 is 0.794 bits per heavy atom. The maximum atomic E-state index is 13.1. The number of benzene rings is 6. The van der Waals surface area contributed by atoms with Crippen molar-refractivity contribution in [1.82, 2.24) is 5.32 Å². The molecule has 0 bridgehead atoms. The van der Waals surface area contributed by atoms with Crippen LogP contribution in [0, 0.1) is 41.5 Å². The molecule has 0 atom stereocenters. The van der Waals surface area contributed by atoms with Crippen LogP contribution in [0.5, 0.6) is 0 Å². The molecule has 0 spiro atoms. The first kappa shape index (κ1) is 53.0. The molecule has 10 heteroatoms. The maximum Gasteiger partial charge on any atom is 0.408 e. The number of aliphatic hydroxyl groups is 1. The zero-order valence-electron chi connectivity index (χ0n) is 40.4. The molecule has 0 radical (unpaired) electrons. The van der Waals surface area contributed by atoms with E-state index in [0.29, 0.717) is 11.1 Å². The Morgan fingerprint density at radius 1 is 0.515 bits per heavy atom. The first-order chi connectivity index (χ1) is 32.4. The van der Waals surface area contributed by atoms with Crippen molar-refractivity contribution < 1.29 is 38.5 Å². The molecule has 6 aromatic rings. The Hall–Kier alpha value is -7.65. The molecule has 0 aromatic heterocycles.